The third-order valence-corrected chi connectivity index (χ3v) is 2.28. The molecule has 78 valence electrons. The third-order valence-electron chi connectivity index (χ3n) is 2.28. The van der Waals surface area contributed by atoms with Crippen LogP contribution in [0.4, 0.5) is 4.39 Å². The van der Waals surface area contributed by atoms with E-state index in [0.717, 1.165) is 0 Å². The molecule has 0 aromatic heterocycles. The number of hydrogen-bond donors (Lipinski definition) is 1. The first-order valence-corrected chi connectivity index (χ1v) is 4.60. The minimum absolute atomic E-state index is 0.290. The van der Waals surface area contributed by atoms with Gasteiger partial charge in [0.2, 0.25) is 0 Å². The molecule has 0 bridgehead atoms. The maximum atomic E-state index is 13.4. The summed E-state index contributed by atoms with van der Waals surface area (Å²) < 4.78 is 13.4. The van der Waals surface area contributed by atoms with Crippen LogP contribution in [0.2, 0.25) is 0 Å². The Morgan fingerprint density at radius 3 is 2.56 bits per heavy atom. The van der Waals surface area contributed by atoms with Gasteiger partial charge in [-0.2, -0.15) is 5.26 Å². The summed E-state index contributed by atoms with van der Waals surface area (Å²) in [5, 5.41) is 11.3. The van der Waals surface area contributed by atoms with E-state index in [1.807, 2.05) is 5.32 Å². The average molecular weight is 214 g/mol. The van der Waals surface area contributed by atoms with Crippen molar-refractivity contribution >= 4 is 16.7 Å². The molecule has 16 heavy (non-hydrogen) atoms. The lowest BCUT2D eigenvalue weighted by Crippen LogP contribution is -2.17. The van der Waals surface area contributed by atoms with Gasteiger partial charge in [0.25, 0.3) is 5.91 Å². The van der Waals surface area contributed by atoms with Gasteiger partial charge in [-0.1, -0.05) is 24.3 Å². The van der Waals surface area contributed by atoms with Crippen molar-refractivity contribution in [3.63, 3.8) is 0 Å². The lowest BCUT2D eigenvalue weighted by atomic mass is 10.0. The molecule has 0 heterocycles. The van der Waals surface area contributed by atoms with Crippen LogP contribution in [0.3, 0.4) is 0 Å². The molecular formula is C12H7FN2O. The summed E-state index contributed by atoms with van der Waals surface area (Å²) in [5.74, 6) is -0.914. The van der Waals surface area contributed by atoms with Crippen LogP contribution in [0.15, 0.2) is 36.4 Å². The van der Waals surface area contributed by atoms with E-state index in [2.05, 4.69) is 0 Å². The number of carbonyl (C=O) groups excluding carboxylic acids is 1. The van der Waals surface area contributed by atoms with Gasteiger partial charge in [-0.05, 0) is 17.5 Å². The molecule has 0 spiro atoms. The number of rotatable bonds is 1. The molecule has 0 unspecified atom stereocenters. The maximum absolute atomic E-state index is 13.4. The molecule has 0 saturated heterocycles. The van der Waals surface area contributed by atoms with Gasteiger partial charge < -0.3 is 0 Å². The highest BCUT2D eigenvalue weighted by atomic mass is 19.1. The van der Waals surface area contributed by atoms with Gasteiger partial charge in [0.05, 0.1) is 0 Å². The first-order valence-electron chi connectivity index (χ1n) is 4.60. The molecule has 0 aliphatic carbocycles. The van der Waals surface area contributed by atoms with E-state index >= 15 is 0 Å². The monoisotopic (exact) mass is 214 g/mol. The molecular weight excluding hydrogens is 207 g/mol. The summed E-state index contributed by atoms with van der Waals surface area (Å²) in [6.45, 7) is 0. The van der Waals surface area contributed by atoms with Crippen molar-refractivity contribution in [3.05, 3.63) is 47.8 Å². The SMILES string of the molecule is N#CNC(=O)c1ccc(F)c2ccccc12. The van der Waals surface area contributed by atoms with E-state index in [-0.39, 0.29) is 5.82 Å². The average Bonchev–Trinajstić information content (AvgIpc) is 2.30. The summed E-state index contributed by atoms with van der Waals surface area (Å²) in [7, 11) is 0. The molecule has 2 aromatic carbocycles. The first kappa shape index (κ1) is 10.1. The van der Waals surface area contributed by atoms with Crippen LogP contribution >= 0.6 is 0 Å². The molecule has 0 aliphatic heterocycles. The molecule has 4 heteroatoms. The lowest BCUT2D eigenvalue weighted by Gasteiger charge is -2.04. The highest BCUT2D eigenvalue weighted by Crippen LogP contribution is 2.21. The quantitative estimate of drug-likeness (QED) is 0.584. The molecule has 2 aromatic rings. The van der Waals surface area contributed by atoms with Crippen LogP contribution in [-0.4, -0.2) is 5.91 Å². The minimum atomic E-state index is -0.529. The van der Waals surface area contributed by atoms with Crippen molar-refractivity contribution in [3.8, 4) is 6.19 Å². The first-order chi connectivity index (χ1) is 7.74. The Kier molecular flexibility index (Phi) is 2.52. The molecule has 0 radical (unpaired) electrons. The van der Waals surface area contributed by atoms with Gasteiger partial charge in [0.15, 0.2) is 6.19 Å². The predicted octanol–water partition coefficient (Wildman–Crippen LogP) is 2.19. The number of benzene rings is 2. The standard InChI is InChI=1S/C12H7FN2O/c13-11-6-5-10(12(16)15-7-14)8-3-1-2-4-9(8)11/h1-6H,(H,15,16). The Morgan fingerprint density at radius 1 is 1.19 bits per heavy atom. The summed E-state index contributed by atoms with van der Waals surface area (Å²) >= 11 is 0. The van der Waals surface area contributed by atoms with Crippen LogP contribution in [-0.2, 0) is 0 Å². The molecule has 0 fully saturated rings. The van der Waals surface area contributed by atoms with E-state index in [0.29, 0.717) is 16.3 Å². The molecule has 1 amide bonds. The number of nitrogens with zero attached hydrogens (tertiary/aromatic N) is 1. The molecule has 3 nitrogen and oxygen atoms in total. The Labute approximate surface area is 91.1 Å². The van der Waals surface area contributed by atoms with Crippen molar-refractivity contribution < 1.29 is 9.18 Å². The second-order valence-electron chi connectivity index (χ2n) is 3.21. The van der Waals surface area contributed by atoms with Crippen LogP contribution < -0.4 is 5.32 Å². The fourth-order valence-electron chi connectivity index (χ4n) is 1.58. The van der Waals surface area contributed by atoms with Gasteiger partial charge in [-0.15, -0.1) is 0 Å². The number of fused-ring (bicyclic) bond motifs is 1. The van der Waals surface area contributed by atoms with Gasteiger partial charge >= 0.3 is 0 Å². The molecule has 0 saturated carbocycles. The van der Waals surface area contributed by atoms with Crippen LogP contribution in [0.5, 0.6) is 0 Å². The smallest absolute Gasteiger partial charge is 0.264 e. The number of nitrogens with one attached hydrogen (secondary N) is 1. The fraction of sp³-hybridized carbons (Fsp3) is 0. The zero-order valence-corrected chi connectivity index (χ0v) is 8.20. The number of amides is 1. The Bertz CT molecular complexity index is 601. The van der Waals surface area contributed by atoms with Crippen molar-refractivity contribution in [1.82, 2.24) is 5.32 Å². The number of carbonyl (C=O) groups is 1. The third kappa shape index (κ3) is 1.59. The van der Waals surface area contributed by atoms with E-state index in [1.54, 1.807) is 30.5 Å². The zero-order chi connectivity index (χ0) is 11.5. The van der Waals surface area contributed by atoms with E-state index in [4.69, 9.17) is 5.26 Å². The van der Waals surface area contributed by atoms with Crippen molar-refractivity contribution in [2.45, 2.75) is 0 Å². The van der Waals surface area contributed by atoms with E-state index in [1.165, 1.54) is 12.1 Å². The highest BCUT2D eigenvalue weighted by molar-refractivity contribution is 6.07. The van der Waals surface area contributed by atoms with Crippen LogP contribution in [0, 0.1) is 17.3 Å². The second kappa shape index (κ2) is 3.99. The zero-order valence-electron chi connectivity index (χ0n) is 8.20. The minimum Gasteiger partial charge on any atom is -0.268 e. The number of halogens is 1. The van der Waals surface area contributed by atoms with Gasteiger partial charge in [0.1, 0.15) is 5.82 Å². The highest BCUT2D eigenvalue weighted by Gasteiger charge is 2.11. The van der Waals surface area contributed by atoms with Gasteiger partial charge in [0, 0.05) is 10.9 Å². The summed E-state index contributed by atoms with van der Waals surface area (Å²) in [4.78, 5) is 11.5. The lowest BCUT2D eigenvalue weighted by molar-refractivity contribution is 0.0974. The van der Waals surface area contributed by atoms with Crippen LogP contribution in [0.1, 0.15) is 10.4 Å². The second-order valence-corrected chi connectivity index (χ2v) is 3.21. The van der Waals surface area contributed by atoms with Crippen molar-refractivity contribution in [1.29, 1.82) is 5.26 Å². The predicted molar refractivity (Wildman–Crippen MR) is 57.0 cm³/mol. The van der Waals surface area contributed by atoms with Gasteiger partial charge in [-0.3, -0.25) is 10.1 Å². The Hall–Kier alpha value is -2.41. The van der Waals surface area contributed by atoms with E-state index < -0.39 is 5.91 Å². The van der Waals surface area contributed by atoms with Crippen LogP contribution in [0.25, 0.3) is 10.8 Å². The van der Waals surface area contributed by atoms with Crippen molar-refractivity contribution in [2.24, 2.45) is 0 Å². The fourth-order valence-corrected chi connectivity index (χ4v) is 1.58. The summed E-state index contributed by atoms with van der Waals surface area (Å²) in [5.41, 5.74) is 0.290. The Morgan fingerprint density at radius 2 is 1.88 bits per heavy atom. The summed E-state index contributed by atoms with van der Waals surface area (Å²) in [6.07, 6.45) is 1.55. The Balaban J connectivity index is 2.68. The largest absolute Gasteiger partial charge is 0.268 e. The topological polar surface area (TPSA) is 52.9 Å². The summed E-state index contributed by atoms with van der Waals surface area (Å²) in [6, 6.07) is 9.22. The molecule has 0 atom stereocenters. The van der Waals surface area contributed by atoms with Crippen molar-refractivity contribution in [2.75, 3.05) is 0 Å². The molecule has 0 aliphatic rings. The molecule has 1 N–H and O–H groups in total. The maximum Gasteiger partial charge on any atom is 0.264 e. The number of nitriles is 1. The van der Waals surface area contributed by atoms with Gasteiger partial charge in [-0.25, -0.2) is 4.39 Å². The number of hydrogen-bond acceptors (Lipinski definition) is 2. The van der Waals surface area contributed by atoms with E-state index in [9.17, 15) is 9.18 Å². The molecule has 2 rings (SSSR count). The normalized spacial score (nSPS) is 9.75.